The molecule has 0 saturated heterocycles. The quantitative estimate of drug-likeness (QED) is 0.330. The van der Waals surface area contributed by atoms with Crippen LogP contribution >= 0.6 is 12.0 Å². The van der Waals surface area contributed by atoms with E-state index in [-0.39, 0.29) is 5.92 Å². The van der Waals surface area contributed by atoms with Gasteiger partial charge < -0.3 is 14.3 Å². The molecule has 4 unspecified atom stereocenters. The lowest BCUT2D eigenvalue weighted by Crippen LogP contribution is -2.43. The third-order valence-corrected chi connectivity index (χ3v) is 6.21. The largest absolute Gasteiger partial charge is 0.710 e. The molecule has 26 heavy (non-hydrogen) atoms. The summed E-state index contributed by atoms with van der Waals surface area (Å²) in [4.78, 5) is 11.8. The van der Waals surface area contributed by atoms with Crippen molar-refractivity contribution in [1.29, 1.82) is 0 Å². The normalized spacial score (nSPS) is 29.1. The first kappa shape index (κ1) is 19.6. The number of carbonyl (C=O) groups is 1. The SMILES string of the molecule is Cc1ccc(C2CCCC3C(OC(=O)C(F)(F)SO[O-])CCCC23)cc1. The van der Waals surface area contributed by atoms with Crippen LogP contribution in [-0.2, 0) is 13.9 Å². The number of carbonyl (C=O) groups excluding carboxylic acids is 1. The Morgan fingerprint density at radius 1 is 1.12 bits per heavy atom. The van der Waals surface area contributed by atoms with Crippen molar-refractivity contribution >= 4 is 18.0 Å². The summed E-state index contributed by atoms with van der Waals surface area (Å²) in [5.41, 5.74) is 2.48. The summed E-state index contributed by atoms with van der Waals surface area (Å²) < 4.78 is 35.4. The van der Waals surface area contributed by atoms with Gasteiger partial charge in [-0.15, -0.1) is 0 Å². The zero-order valence-corrected chi connectivity index (χ0v) is 15.5. The van der Waals surface area contributed by atoms with E-state index < -0.39 is 29.4 Å². The van der Waals surface area contributed by atoms with Crippen molar-refractivity contribution in [3.8, 4) is 0 Å². The molecule has 2 aliphatic rings. The summed E-state index contributed by atoms with van der Waals surface area (Å²) >= 11 is -0.705. The van der Waals surface area contributed by atoms with Gasteiger partial charge in [0.05, 0.1) is 12.0 Å². The molecule has 7 heteroatoms. The molecule has 0 aromatic heterocycles. The number of ether oxygens (including phenoxy) is 1. The molecule has 0 bridgehead atoms. The molecule has 0 amide bonds. The van der Waals surface area contributed by atoms with E-state index >= 15 is 0 Å². The Morgan fingerprint density at radius 3 is 2.46 bits per heavy atom. The van der Waals surface area contributed by atoms with Gasteiger partial charge in [-0.2, -0.15) is 8.78 Å². The first-order valence-corrected chi connectivity index (χ1v) is 9.79. The predicted octanol–water partition coefficient (Wildman–Crippen LogP) is 4.12. The molecule has 0 aliphatic heterocycles. The lowest BCUT2D eigenvalue weighted by molar-refractivity contribution is -0.630. The van der Waals surface area contributed by atoms with Crippen molar-refractivity contribution in [3.05, 3.63) is 35.4 Å². The molecule has 4 atom stereocenters. The Morgan fingerprint density at radius 2 is 1.77 bits per heavy atom. The number of esters is 1. The molecule has 0 spiro atoms. The molecule has 0 heterocycles. The number of hydrogen-bond acceptors (Lipinski definition) is 5. The number of hydrogen-bond donors (Lipinski definition) is 0. The van der Waals surface area contributed by atoms with E-state index in [1.54, 1.807) is 0 Å². The van der Waals surface area contributed by atoms with Crippen molar-refractivity contribution in [2.24, 2.45) is 11.8 Å². The molecule has 2 saturated carbocycles. The molecule has 1 aromatic carbocycles. The van der Waals surface area contributed by atoms with E-state index in [4.69, 9.17) is 4.74 Å². The van der Waals surface area contributed by atoms with Crippen molar-refractivity contribution in [3.63, 3.8) is 0 Å². The van der Waals surface area contributed by atoms with Crippen LogP contribution in [0.1, 0.15) is 55.6 Å². The zero-order chi connectivity index (χ0) is 18.7. The predicted molar refractivity (Wildman–Crippen MR) is 92.1 cm³/mol. The minimum absolute atomic E-state index is 0.0849. The second-order valence-electron chi connectivity index (χ2n) is 7.32. The number of aryl methyl sites for hydroxylation is 1. The second kappa shape index (κ2) is 8.23. The highest BCUT2D eigenvalue weighted by Crippen LogP contribution is 2.49. The van der Waals surface area contributed by atoms with Gasteiger partial charge in [0.2, 0.25) is 0 Å². The van der Waals surface area contributed by atoms with E-state index in [2.05, 4.69) is 28.6 Å². The Hall–Kier alpha value is -1.18. The van der Waals surface area contributed by atoms with E-state index in [1.807, 2.05) is 6.92 Å². The highest BCUT2D eigenvalue weighted by molar-refractivity contribution is 7.96. The Labute approximate surface area is 156 Å². The number of halogens is 2. The molecule has 0 radical (unpaired) electrons. The van der Waals surface area contributed by atoms with Crippen LogP contribution in [0.4, 0.5) is 8.78 Å². The van der Waals surface area contributed by atoms with Crippen LogP contribution in [0.2, 0.25) is 0 Å². The summed E-state index contributed by atoms with van der Waals surface area (Å²) in [5, 5.41) is 6.00. The summed E-state index contributed by atoms with van der Waals surface area (Å²) in [6, 6.07) is 8.49. The fourth-order valence-corrected chi connectivity index (χ4v) is 4.80. The van der Waals surface area contributed by atoms with Gasteiger partial charge in [0.15, 0.2) is 0 Å². The standard InChI is InChI=1S/C19H24F2O4S/c1-12-8-10-13(11-9-12)14-4-2-6-16-15(14)5-3-7-17(16)24-18(22)19(20,21)26-25-23/h8-11,14-17,23H,2-7H2,1H3/p-1. The van der Waals surface area contributed by atoms with Gasteiger partial charge in [0.25, 0.3) is 0 Å². The summed E-state index contributed by atoms with van der Waals surface area (Å²) in [6.07, 6.45) is 4.87. The van der Waals surface area contributed by atoms with Crippen molar-refractivity contribution in [1.82, 2.24) is 0 Å². The number of benzene rings is 1. The highest BCUT2D eigenvalue weighted by Gasteiger charge is 2.47. The molecular formula is C19H23F2O4S-. The highest BCUT2D eigenvalue weighted by atomic mass is 32.2. The average Bonchev–Trinajstić information content (AvgIpc) is 2.62. The Bertz CT molecular complexity index is 622. The smallest absolute Gasteiger partial charge is 0.412 e. The van der Waals surface area contributed by atoms with Crippen molar-refractivity contribution in [2.75, 3.05) is 0 Å². The minimum atomic E-state index is -3.97. The lowest BCUT2D eigenvalue weighted by Gasteiger charge is -2.45. The maximum atomic E-state index is 13.5. The topological polar surface area (TPSA) is 58.6 Å². The fourth-order valence-electron chi connectivity index (χ4n) is 4.60. The van der Waals surface area contributed by atoms with Gasteiger partial charge in [-0.05, 0) is 62.3 Å². The monoisotopic (exact) mass is 385 g/mol. The van der Waals surface area contributed by atoms with E-state index in [9.17, 15) is 18.8 Å². The first-order valence-electron chi connectivity index (χ1n) is 9.05. The van der Waals surface area contributed by atoms with E-state index in [0.29, 0.717) is 18.3 Å². The fraction of sp³-hybridized carbons (Fsp3) is 0.632. The van der Waals surface area contributed by atoms with Gasteiger partial charge in [-0.3, -0.25) is 0 Å². The molecule has 2 fully saturated rings. The first-order chi connectivity index (χ1) is 12.4. The molecular weight excluding hydrogens is 362 g/mol. The molecule has 144 valence electrons. The van der Waals surface area contributed by atoms with Crippen LogP contribution in [0.3, 0.4) is 0 Å². The number of rotatable bonds is 5. The molecule has 0 N–H and O–H groups in total. The van der Waals surface area contributed by atoms with Gasteiger partial charge in [0.1, 0.15) is 6.10 Å². The summed E-state index contributed by atoms with van der Waals surface area (Å²) in [7, 11) is 0. The van der Waals surface area contributed by atoms with E-state index in [1.165, 1.54) is 11.1 Å². The third kappa shape index (κ3) is 4.21. The molecule has 3 rings (SSSR count). The number of alkyl halides is 2. The van der Waals surface area contributed by atoms with Crippen LogP contribution in [0.15, 0.2) is 24.3 Å². The maximum absolute atomic E-state index is 13.5. The van der Waals surface area contributed by atoms with Crippen LogP contribution in [0, 0.1) is 18.8 Å². The van der Waals surface area contributed by atoms with Crippen molar-refractivity contribution in [2.45, 2.75) is 62.7 Å². The second-order valence-corrected chi connectivity index (χ2v) is 8.13. The van der Waals surface area contributed by atoms with Crippen molar-refractivity contribution < 1.29 is 27.9 Å². The van der Waals surface area contributed by atoms with Gasteiger partial charge in [-0.25, -0.2) is 4.79 Å². The van der Waals surface area contributed by atoms with Gasteiger partial charge in [0, 0.05) is 0 Å². The van der Waals surface area contributed by atoms with Gasteiger partial charge >= 0.3 is 11.2 Å². The van der Waals surface area contributed by atoms with Crippen LogP contribution in [0.25, 0.3) is 0 Å². The summed E-state index contributed by atoms with van der Waals surface area (Å²) in [5.74, 6) is -0.895. The summed E-state index contributed by atoms with van der Waals surface area (Å²) in [6.45, 7) is 2.05. The Kier molecular flexibility index (Phi) is 6.20. The average molecular weight is 385 g/mol. The van der Waals surface area contributed by atoms with Crippen LogP contribution in [-0.4, -0.2) is 17.3 Å². The Balaban J connectivity index is 1.73. The van der Waals surface area contributed by atoms with Crippen LogP contribution in [0.5, 0.6) is 0 Å². The van der Waals surface area contributed by atoms with E-state index in [0.717, 1.165) is 32.1 Å². The van der Waals surface area contributed by atoms with Gasteiger partial charge in [-0.1, -0.05) is 36.2 Å². The zero-order valence-electron chi connectivity index (χ0n) is 14.7. The number of fused-ring (bicyclic) bond motifs is 1. The lowest BCUT2D eigenvalue weighted by atomic mass is 9.62. The van der Waals surface area contributed by atoms with Crippen LogP contribution < -0.4 is 5.26 Å². The maximum Gasteiger partial charge on any atom is 0.412 e. The molecule has 1 aromatic rings. The minimum Gasteiger partial charge on any atom is -0.710 e. The third-order valence-electron chi connectivity index (χ3n) is 5.76. The molecule has 4 nitrogen and oxygen atoms in total. The molecule has 2 aliphatic carbocycles.